The number of allylic oxidation sites excluding steroid dienone is 1. The third-order valence-electron chi connectivity index (χ3n) is 9.73. The molecule has 0 aromatic heterocycles. The number of unbranched alkanes of at least 4 members (excludes halogenated alkanes) is 3. The molecule has 3 saturated carbocycles. The maximum absolute atomic E-state index is 16.1. The number of hydrogen-bond acceptors (Lipinski definition) is 3. The summed E-state index contributed by atoms with van der Waals surface area (Å²) >= 11 is 0. The molecule has 0 aromatic rings. The summed E-state index contributed by atoms with van der Waals surface area (Å²) < 4.78 is 22.2. The van der Waals surface area contributed by atoms with Crippen molar-refractivity contribution in [1.29, 1.82) is 0 Å². The Bertz CT molecular complexity index is 840. The molecule has 4 aliphatic carbocycles. The lowest BCUT2D eigenvalue weighted by molar-refractivity contribution is -0.178. The molecule has 0 N–H and O–H groups in total. The molecule has 3 fully saturated rings. The second kappa shape index (κ2) is 8.62. The highest BCUT2D eigenvalue weighted by Gasteiger charge is 2.68. The van der Waals surface area contributed by atoms with Crippen LogP contribution in [0.1, 0.15) is 97.8 Å². The van der Waals surface area contributed by atoms with Crippen LogP contribution in [0.15, 0.2) is 11.6 Å². The number of rotatable bonds is 6. The average Bonchev–Trinajstić information content (AvgIpc) is 3.03. The minimum Gasteiger partial charge on any atom is -0.445 e. The number of terminal acetylenes is 1. The van der Waals surface area contributed by atoms with Crippen LogP contribution in [0.4, 0.5) is 4.39 Å². The molecular formula is C28H39FO3. The molecule has 0 spiro atoms. The Labute approximate surface area is 192 Å². The summed E-state index contributed by atoms with van der Waals surface area (Å²) in [4.78, 5) is 24.8. The van der Waals surface area contributed by atoms with Crippen LogP contribution < -0.4 is 0 Å². The summed E-state index contributed by atoms with van der Waals surface area (Å²) in [6, 6.07) is 0. The van der Waals surface area contributed by atoms with Crippen LogP contribution in [-0.4, -0.2) is 23.5 Å². The summed E-state index contributed by atoms with van der Waals surface area (Å²) in [6.45, 7) is 6.40. The topological polar surface area (TPSA) is 43.4 Å². The molecular weight excluding hydrogens is 403 g/mol. The molecule has 32 heavy (non-hydrogen) atoms. The number of ether oxygens (including phenoxy) is 1. The van der Waals surface area contributed by atoms with E-state index in [0.717, 1.165) is 56.9 Å². The SMILES string of the molecule is C#C[C@]1(OC(=O)CCCCCC)CC[C@H]2[C@@H]3CCC4=CC(=O)CC[C@]4(C)[C@H]3[C@@H](F)C[C@@]21C. The third kappa shape index (κ3) is 3.55. The van der Waals surface area contributed by atoms with E-state index in [1.54, 1.807) is 6.08 Å². The van der Waals surface area contributed by atoms with Crippen molar-refractivity contribution in [1.82, 2.24) is 0 Å². The monoisotopic (exact) mass is 442 g/mol. The number of ketones is 1. The van der Waals surface area contributed by atoms with Crippen molar-refractivity contribution < 1.29 is 18.7 Å². The van der Waals surface area contributed by atoms with Gasteiger partial charge in [-0.1, -0.05) is 51.5 Å². The van der Waals surface area contributed by atoms with E-state index in [9.17, 15) is 9.59 Å². The Balaban J connectivity index is 1.57. The Kier molecular flexibility index (Phi) is 6.34. The van der Waals surface area contributed by atoms with E-state index in [1.165, 1.54) is 0 Å². The van der Waals surface area contributed by atoms with E-state index in [1.807, 2.05) is 0 Å². The fourth-order valence-electron chi connectivity index (χ4n) is 7.98. The maximum atomic E-state index is 16.1. The molecule has 0 heterocycles. The summed E-state index contributed by atoms with van der Waals surface area (Å²) in [5.74, 6) is 3.22. The first-order valence-electron chi connectivity index (χ1n) is 12.8. The lowest BCUT2D eigenvalue weighted by Gasteiger charge is -2.59. The summed E-state index contributed by atoms with van der Waals surface area (Å²) in [7, 11) is 0. The molecule has 4 aliphatic rings. The molecule has 4 heteroatoms. The van der Waals surface area contributed by atoms with Gasteiger partial charge in [0.15, 0.2) is 11.4 Å². The molecule has 3 nitrogen and oxygen atoms in total. The van der Waals surface area contributed by atoms with Gasteiger partial charge in [-0.25, -0.2) is 4.39 Å². The van der Waals surface area contributed by atoms with E-state index in [0.29, 0.717) is 25.7 Å². The van der Waals surface area contributed by atoms with Gasteiger partial charge < -0.3 is 4.74 Å². The minimum absolute atomic E-state index is 0.0769. The van der Waals surface area contributed by atoms with Crippen LogP contribution in [0.2, 0.25) is 0 Å². The average molecular weight is 443 g/mol. The predicted octanol–water partition coefficient (Wildman–Crippen LogP) is 6.35. The van der Waals surface area contributed by atoms with Gasteiger partial charge in [-0.3, -0.25) is 9.59 Å². The van der Waals surface area contributed by atoms with Gasteiger partial charge >= 0.3 is 5.97 Å². The molecule has 0 aliphatic heterocycles. The summed E-state index contributed by atoms with van der Waals surface area (Å²) in [5, 5.41) is 0. The van der Waals surface area contributed by atoms with E-state index < -0.39 is 17.2 Å². The number of hydrogen-bond donors (Lipinski definition) is 0. The number of esters is 1. The van der Waals surface area contributed by atoms with Gasteiger partial charge in [0, 0.05) is 24.2 Å². The first kappa shape index (κ1) is 23.5. The van der Waals surface area contributed by atoms with Crippen LogP contribution in [0.25, 0.3) is 0 Å². The van der Waals surface area contributed by atoms with Crippen LogP contribution in [-0.2, 0) is 14.3 Å². The van der Waals surface area contributed by atoms with E-state index in [2.05, 4.69) is 26.7 Å². The largest absolute Gasteiger partial charge is 0.445 e. The predicted molar refractivity (Wildman–Crippen MR) is 123 cm³/mol. The molecule has 0 amide bonds. The molecule has 7 atom stereocenters. The van der Waals surface area contributed by atoms with Gasteiger partial charge in [0.05, 0.1) is 0 Å². The zero-order valence-electron chi connectivity index (χ0n) is 20.1. The second-order valence-electron chi connectivity index (χ2n) is 11.3. The van der Waals surface area contributed by atoms with Crippen molar-refractivity contribution >= 4 is 11.8 Å². The van der Waals surface area contributed by atoms with Gasteiger partial charge in [-0.2, -0.15) is 0 Å². The third-order valence-corrected chi connectivity index (χ3v) is 9.73. The fraction of sp³-hybridized carbons (Fsp3) is 0.786. The molecule has 176 valence electrons. The smallest absolute Gasteiger partial charge is 0.307 e. The van der Waals surface area contributed by atoms with Crippen molar-refractivity contribution in [3.63, 3.8) is 0 Å². The lowest BCUT2D eigenvalue weighted by Crippen LogP contribution is -2.59. The minimum atomic E-state index is -1.01. The van der Waals surface area contributed by atoms with Crippen LogP contribution in [0, 0.1) is 40.9 Å². The highest BCUT2D eigenvalue weighted by molar-refractivity contribution is 5.91. The Morgan fingerprint density at radius 3 is 2.72 bits per heavy atom. The lowest BCUT2D eigenvalue weighted by atomic mass is 9.46. The van der Waals surface area contributed by atoms with Gasteiger partial charge in [0.2, 0.25) is 0 Å². The Morgan fingerprint density at radius 2 is 2.00 bits per heavy atom. The van der Waals surface area contributed by atoms with Gasteiger partial charge in [-0.05, 0) is 68.3 Å². The van der Waals surface area contributed by atoms with E-state index in [4.69, 9.17) is 11.2 Å². The molecule has 0 aromatic carbocycles. The number of fused-ring (bicyclic) bond motifs is 5. The summed E-state index contributed by atoms with van der Waals surface area (Å²) in [5.41, 5.74) is -0.631. The number of alkyl halides is 1. The van der Waals surface area contributed by atoms with E-state index in [-0.39, 0.29) is 34.9 Å². The van der Waals surface area contributed by atoms with E-state index >= 15 is 4.39 Å². The molecule has 0 unspecified atom stereocenters. The standard InChI is InChI=1S/C28H39FO3/c1-5-7-8-9-10-24(31)32-28(6-2)16-14-22-21-12-11-19-17-20(30)13-15-26(19,3)25(21)23(29)18-27(22,28)4/h2,17,21-23,25H,5,7-16,18H2,1,3-4H3/t21-,22-,23-,25+,26-,27-,28-/m0/s1. The number of halogens is 1. The highest BCUT2D eigenvalue weighted by atomic mass is 19.1. The van der Waals surface area contributed by atoms with Crippen molar-refractivity contribution in [3.8, 4) is 12.3 Å². The second-order valence-corrected chi connectivity index (χ2v) is 11.3. The highest BCUT2D eigenvalue weighted by Crippen LogP contribution is 2.68. The Morgan fingerprint density at radius 1 is 1.22 bits per heavy atom. The van der Waals surface area contributed by atoms with Crippen molar-refractivity contribution in [3.05, 3.63) is 11.6 Å². The zero-order valence-corrected chi connectivity index (χ0v) is 20.1. The zero-order chi connectivity index (χ0) is 23.1. The molecule has 0 bridgehead atoms. The molecule has 0 radical (unpaired) electrons. The van der Waals surface area contributed by atoms with Gasteiger partial charge in [0.25, 0.3) is 0 Å². The quantitative estimate of drug-likeness (QED) is 0.273. The number of carbonyl (C=O) groups excluding carboxylic acids is 2. The van der Waals surface area contributed by atoms with Crippen LogP contribution >= 0.6 is 0 Å². The first-order valence-corrected chi connectivity index (χ1v) is 12.8. The van der Waals surface area contributed by atoms with Gasteiger partial charge in [-0.15, -0.1) is 6.42 Å². The van der Waals surface area contributed by atoms with Crippen molar-refractivity contribution in [2.75, 3.05) is 0 Å². The fourth-order valence-corrected chi connectivity index (χ4v) is 7.98. The molecule has 0 saturated heterocycles. The Hall–Kier alpha value is -1.63. The van der Waals surface area contributed by atoms with Crippen LogP contribution in [0.3, 0.4) is 0 Å². The normalized spacial score (nSPS) is 42.8. The summed E-state index contributed by atoms with van der Waals surface area (Å²) in [6.07, 6.45) is 16.2. The molecule has 4 rings (SSSR count). The van der Waals surface area contributed by atoms with Crippen molar-refractivity contribution in [2.45, 2.75) is 110 Å². The number of carbonyl (C=O) groups is 2. The van der Waals surface area contributed by atoms with Crippen LogP contribution in [0.5, 0.6) is 0 Å². The maximum Gasteiger partial charge on any atom is 0.307 e. The first-order chi connectivity index (χ1) is 15.2. The van der Waals surface area contributed by atoms with Crippen molar-refractivity contribution in [2.24, 2.45) is 28.6 Å². The van der Waals surface area contributed by atoms with Gasteiger partial charge in [0.1, 0.15) is 6.17 Å².